The van der Waals surface area contributed by atoms with Gasteiger partial charge in [0.2, 0.25) is 0 Å². The number of imide groups is 1. The monoisotopic (exact) mass is 547 g/mol. The molecule has 4 aromatic rings. The van der Waals surface area contributed by atoms with E-state index in [4.69, 9.17) is 10.00 Å². The average molecular weight is 548 g/mol. The van der Waals surface area contributed by atoms with Crippen molar-refractivity contribution in [2.75, 3.05) is 26.2 Å². The van der Waals surface area contributed by atoms with Gasteiger partial charge in [0.25, 0.3) is 11.8 Å². The lowest BCUT2D eigenvalue weighted by molar-refractivity contribution is 0.0548. The van der Waals surface area contributed by atoms with Crippen molar-refractivity contribution in [3.05, 3.63) is 126 Å². The predicted molar refractivity (Wildman–Crippen MR) is 155 cm³/mol. The number of nitriles is 1. The van der Waals surface area contributed by atoms with Gasteiger partial charge in [-0.15, -0.1) is 0 Å². The van der Waals surface area contributed by atoms with Crippen LogP contribution < -0.4 is 4.74 Å². The number of rotatable bonds is 9. The minimum atomic E-state index is -0.431. The SMILES string of the molecule is N#Cc1ccc(-c2ccc(OCCCN3CCC(N(C(=O)c4ccccc4)C(=O)c4ccc(F)cc4)C3)cc2)cc1. The maximum Gasteiger partial charge on any atom is 0.261 e. The smallest absolute Gasteiger partial charge is 0.261 e. The molecule has 1 aliphatic heterocycles. The lowest BCUT2D eigenvalue weighted by atomic mass is 10.0. The molecule has 1 heterocycles. The van der Waals surface area contributed by atoms with Gasteiger partial charge >= 0.3 is 0 Å². The van der Waals surface area contributed by atoms with Crippen LogP contribution in [-0.4, -0.2) is 53.9 Å². The second-order valence-corrected chi connectivity index (χ2v) is 10.0. The molecule has 2 amide bonds. The quantitative estimate of drug-likeness (QED) is 0.185. The number of ether oxygens (including phenoxy) is 1. The van der Waals surface area contributed by atoms with Gasteiger partial charge in [-0.2, -0.15) is 5.26 Å². The van der Waals surface area contributed by atoms with Crippen molar-refractivity contribution in [3.63, 3.8) is 0 Å². The number of amides is 2. The molecular formula is C34H30FN3O3. The molecule has 0 bridgehead atoms. The Labute approximate surface area is 239 Å². The summed E-state index contributed by atoms with van der Waals surface area (Å²) in [6.07, 6.45) is 1.46. The molecule has 4 aromatic carbocycles. The molecule has 41 heavy (non-hydrogen) atoms. The first-order chi connectivity index (χ1) is 20.0. The normalized spacial score (nSPS) is 14.8. The second kappa shape index (κ2) is 13.0. The van der Waals surface area contributed by atoms with E-state index in [2.05, 4.69) is 11.0 Å². The third-order valence-electron chi connectivity index (χ3n) is 7.25. The summed E-state index contributed by atoms with van der Waals surface area (Å²) in [5, 5.41) is 8.97. The van der Waals surface area contributed by atoms with Gasteiger partial charge < -0.3 is 9.64 Å². The average Bonchev–Trinajstić information content (AvgIpc) is 3.48. The first kappa shape index (κ1) is 27.8. The Bertz CT molecular complexity index is 1520. The van der Waals surface area contributed by atoms with Crippen LogP contribution in [0.1, 0.15) is 39.1 Å². The van der Waals surface area contributed by atoms with E-state index in [-0.39, 0.29) is 17.5 Å². The Kier molecular flexibility index (Phi) is 8.82. The summed E-state index contributed by atoms with van der Waals surface area (Å²) in [4.78, 5) is 30.5. The Morgan fingerprint density at radius 3 is 2.10 bits per heavy atom. The highest BCUT2D eigenvalue weighted by atomic mass is 19.1. The van der Waals surface area contributed by atoms with Crippen molar-refractivity contribution in [1.29, 1.82) is 5.26 Å². The number of carbonyl (C=O) groups is 2. The topological polar surface area (TPSA) is 73.6 Å². The molecular weight excluding hydrogens is 517 g/mol. The van der Waals surface area contributed by atoms with Crippen LogP contribution in [-0.2, 0) is 0 Å². The van der Waals surface area contributed by atoms with Gasteiger partial charge in [0.05, 0.1) is 24.3 Å². The molecule has 1 fully saturated rings. The van der Waals surface area contributed by atoms with Gasteiger partial charge in [-0.25, -0.2) is 4.39 Å². The summed E-state index contributed by atoms with van der Waals surface area (Å²) in [7, 11) is 0. The molecule has 6 nitrogen and oxygen atoms in total. The van der Waals surface area contributed by atoms with Gasteiger partial charge in [-0.3, -0.25) is 14.5 Å². The largest absolute Gasteiger partial charge is 0.494 e. The van der Waals surface area contributed by atoms with Gasteiger partial charge in [-0.1, -0.05) is 42.5 Å². The maximum atomic E-state index is 13.5. The van der Waals surface area contributed by atoms with Crippen LogP contribution in [0.25, 0.3) is 11.1 Å². The van der Waals surface area contributed by atoms with Gasteiger partial charge in [-0.05, 0) is 84.6 Å². The lowest BCUT2D eigenvalue weighted by Gasteiger charge is -2.28. The first-order valence-electron chi connectivity index (χ1n) is 13.7. The number of halogens is 1. The molecule has 0 aliphatic carbocycles. The second-order valence-electron chi connectivity index (χ2n) is 10.0. The number of benzene rings is 4. The van der Waals surface area contributed by atoms with Crippen molar-refractivity contribution >= 4 is 11.8 Å². The number of carbonyl (C=O) groups excluding carboxylic acids is 2. The Balaban J connectivity index is 1.16. The van der Waals surface area contributed by atoms with E-state index in [9.17, 15) is 14.0 Å². The van der Waals surface area contributed by atoms with Crippen LogP contribution in [0, 0.1) is 17.1 Å². The van der Waals surface area contributed by atoms with Crippen LogP contribution in [0.5, 0.6) is 5.75 Å². The fourth-order valence-electron chi connectivity index (χ4n) is 5.06. The van der Waals surface area contributed by atoms with E-state index < -0.39 is 11.7 Å². The summed E-state index contributed by atoms with van der Waals surface area (Å²) < 4.78 is 19.4. The van der Waals surface area contributed by atoms with Gasteiger partial charge in [0.15, 0.2) is 0 Å². The van der Waals surface area contributed by atoms with Crippen molar-refractivity contribution in [3.8, 4) is 22.9 Å². The molecule has 1 saturated heterocycles. The zero-order chi connectivity index (χ0) is 28.6. The van der Waals surface area contributed by atoms with Crippen LogP contribution in [0.4, 0.5) is 4.39 Å². The highest BCUT2D eigenvalue weighted by Gasteiger charge is 2.35. The van der Waals surface area contributed by atoms with Crippen molar-refractivity contribution in [2.45, 2.75) is 18.9 Å². The number of hydrogen-bond acceptors (Lipinski definition) is 5. The molecule has 5 rings (SSSR count). The minimum absolute atomic E-state index is 0.282. The van der Waals surface area contributed by atoms with Crippen molar-refractivity contribution in [2.24, 2.45) is 0 Å². The number of hydrogen-bond donors (Lipinski definition) is 0. The van der Waals surface area contributed by atoms with Crippen LogP contribution in [0.15, 0.2) is 103 Å². The predicted octanol–water partition coefficient (Wildman–Crippen LogP) is 6.19. The summed E-state index contributed by atoms with van der Waals surface area (Å²) in [6.45, 7) is 2.65. The van der Waals surface area contributed by atoms with Crippen molar-refractivity contribution in [1.82, 2.24) is 9.80 Å². The van der Waals surface area contributed by atoms with Gasteiger partial charge in [0, 0.05) is 30.8 Å². The third kappa shape index (κ3) is 6.86. The standard InChI is InChI=1S/C34H30FN3O3/c35-30-15-11-29(12-16-30)34(40)38(33(39)28-5-2-1-3-6-28)31-19-21-37(24-31)20-4-22-41-32-17-13-27(14-18-32)26-9-7-25(23-36)8-10-26/h1-3,5-18,31H,4,19-22,24H2. The van der Waals surface area contributed by atoms with E-state index in [1.807, 2.05) is 42.5 Å². The molecule has 206 valence electrons. The zero-order valence-corrected chi connectivity index (χ0v) is 22.6. The van der Waals surface area contributed by atoms with E-state index in [0.29, 0.717) is 30.7 Å². The fourth-order valence-corrected chi connectivity index (χ4v) is 5.06. The van der Waals surface area contributed by atoms with E-state index in [1.165, 1.54) is 29.2 Å². The molecule has 1 unspecified atom stereocenters. The fraction of sp³-hybridized carbons (Fsp3) is 0.206. The number of likely N-dealkylation sites (tertiary alicyclic amines) is 1. The van der Waals surface area contributed by atoms with E-state index >= 15 is 0 Å². The van der Waals surface area contributed by atoms with Crippen molar-refractivity contribution < 1.29 is 18.7 Å². The highest BCUT2D eigenvalue weighted by Crippen LogP contribution is 2.24. The Hall–Kier alpha value is -4.80. The summed E-state index contributed by atoms with van der Waals surface area (Å²) in [5.74, 6) is -0.414. The molecule has 1 atom stereocenters. The van der Waals surface area contributed by atoms with Crippen LogP contribution in [0.2, 0.25) is 0 Å². The van der Waals surface area contributed by atoms with Crippen LogP contribution in [0.3, 0.4) is 0 Å². The summed E-state index contributed by atoms with van der Waals surface area (Å²) >= 11 is 0. The Morgan fingerprint density at radius 1 is 0.854 bits per heavy atom. The minimum Gasteiger partial charge on any atom is -0.494 e. The molecule has 0 aromatic heterocycles. The van der Waals surface area contributed by atoms with Crippen LogP contribution >= 0.6 is 0 Å². The molecule has 0 radical (unpaired) electrons. The highest BCUT2D eigenvalue weighted by molar-refractivity contribution is 6.10. The molecule has 0 N–H and O–H groups in total. The molecule has 0 saturated carbocycles. The summed E-state index contributed by atoms with van der Waals surface area (Å²) in [5.41, 5.74) is 3.45. The third-order valence-corrected chi connectivity index (χ3v) is 7.25. The van der Waals surface area contributed by atoms with E-state index in [1.54, 1.807) is 36.4 Å². The molecule has 1 aliphatic rings. The van der Waals surface area contributed by atoms with Gasteiger partial charge in [0.1, 0.15) is 11.6 Å². The zero-order valence-electron chi connectivity index (χ0n) is 22.6. The number of nitrogens with zero attached hydrogens (tertiary/aromatic N) is 3. The maximum absolute atomic E-state index is 13.5. The first-order valence-corrected chi connectivity index (χ1v) is 13.7. The summed E-state index contributed by atoms with van der Waals surface area (Å²) in [6, 6.07) is 31.3. The molecule has 0 spiro atoms. The van der Waals surface area contributed by atoms with E-state index in [0.717, 1.165) is 36.4 Å². The lowest BCUT2D eigenvalue weighted by Crippen LogP contribution is -2.46. The Morgan fingerprint density at radius 2 is 1.46 bits per heavy atom. The molecule has 7 heteroatoms.